The second-order valence-corrected chi connectivity index (χ2v) is 8.83. The van der Waals surface area contributed by atoms with E-state index in [1.54, 1.807) is 7.11 Å². The molecule has 2 aromatic rings. The number of ether oxygens (including phenoxy) is 1. The summed E-state index contributed by atoms with van der Waals surface area (Å²) in [5.74, 6) is 1.23. The van der Waals surface area contributed by atoms with Crippen molar-refractivity contribution in [3.05, 3.63) is 35.4 Å². The Morgan fingerprint density at radius 3 is 2.57 bits per heavy atom. The Bertz CT molecular complexity index is 842. The first-order valence-electron chi connectivity index (χ1n) is 11.4. The van der Waals surface area contributed by atoms with E-state index in [1.165, 1.54) is 31.2 Å². The molecular weight excluding hydrogens is 374 g/mol. The summed E-state index contributed by atoms with van der Waals surface area (Å²) in [4.78, 5) is 22.5. The van der Waals surface area contributed by atoms with Gasteiger partial charge in [0.15, 0.2) is 0 Å². The third-order valence-corrected chi connectivity index (χ3v) is 5.88. The minimum absolute atomic E-state index is 0.0229. The SMILES string of the molecule is COCCCN(Cc1cc2ccc(C)cc2nc1N1CCCCCC1)C(=O)C(C)C. The number of anilines is 1. The van der Waals surface area contributed by atoms with Gasteiger partial charge in [0, 0.05) is 56.8 Å². The summed E-state index contributed by atoms with van der Waals surface area (Å²) in [5.41, 5.74) is 3.42. The summed E-state index contributed by atoms with van der Waals surface area (Å²) in [5, 5.41) is 1.14. The zero-order valence-electron chi connectivity index (χ0n) is 19.1. The highest BCUT2D eigenvalue weighted by Crippen LogP contribution is 2.28. The van der Waals surface area contributed by atoms with Gasteiger partial charge in [0.2, 0.25) is 5.91 Å². The minimum Gasteiger partial charge on any atom is -0.385 e. The van der Waals surface area contributed by atoms with Gasteiger partial charge in [-0.05, 0) is 43.9 Å². The molecule has 1 aromatic heterocycles. The summed E-state index contributed by atoms with van der Waals surface area (Å²) >= 11 is 0. The van der Waals surface area contributed by atoms with Gasteiger partial charge in [0.05, 0.1) is 5.52 Å². The fraction of sp³-hybridized carbons (Fsp3) is 0.600. The van der Waals surface area contributed by atoms with E-state index in [9.17, 15) is 4.79 Å². The van der Waals surface area contributed by atoms with Crippen molar-refractivity contribution in [3.8, 4) is 0 Å². The first-order valence-corrected chi connectivity index (χ1v) is 11.4. The van der Waals surface area contributed by atoms with Crippen LogP contribution in [-0.4, -0.2) is 49.1 Å². The van der Waals surface area contributed by atoms with Crippen molar-refractivity contribution in [1.82, 2.24) is 9.88 Å². The van der Waals surface area contributed by atoms with E-state index < -0.39 is 0 Å². The van der Waals surface area contributed by atoms with Gasteiger partial charge >= 0.3 is 0 Å². The molecule has 1 aliphatic rings. The van der Waals surface area contributed by atoms with Crippen LogP contribution in [0.1, 0.15) is 57.1 Å². The normalized spacial score (nSPS) is 14.9. The van der Waals surface area contributed by atoms with Crippen molar-refractivity contribution in [2.45, 2.75) is 59.4 Å². The molecule has 1 aromatic carbocycles. The molecule has 164 valence electrons. The quantitative estimate of drug-likeness (QED) is 0.577. The van der Waals surface area contributed by atoms with Gasteiger partial charge in [-0.25, -0.2) is 4.98 Å². The predicted molar refractivity (Wildman–Crippen MR) is 124 cm³/mol. The lowest BCUT2D eigenvalue weighted by Crippen LogP contribution is -2.36. The molecule has 0 N–H and O–H groups in total. The van der Waals surface area contributed by atoms with Gasteiger partial charge in [-0.1, -0.05) is 38.8 Å². The van der Waals surface area contributed by atoms with Crippen molar-refractivity contribution in [3.63, 3.8) is 0 Å². The maximum Gasteiger partial charge on any atom is 0.225 e. The van der Waals surface area contributed by atoms with Crippen LogP contribution in [0.3, 0.4) is 0 Å². The van der Waals surface area contributed by atoms with Crippen molar-refractivity contribution in [1.29, 1.82) is 0 Å². The first-order chi connectivity index (χ1) is 14.5. The summed E-state index contributed by atoms with van der Waals surface area (Å²) in [7, 11) is 1.71. The van der Waals surface area contributed by atoms with Crippen molar-refractivity contribution in [2.24, 2.45) is 5.92 Å². The number of fused-ring (bicyclic) bond motifs is 1. The lowest BCUT2D eigenvalue weighted by atomic mass is 10.1. The lowest BCUT2D eigenvalue weighted by molar-refractivity contribution is -0.135. The number of carbonyl (C=O) groups is 1. The highest BCUT2D eigenvalue weighted by Gasteiger charge is 2.22. The van der Waals surface area contributed by atoms with Crippen molar-refractivity contribution >= 4 is 22.6 Å². The highest BCUT2D eigenvalue weighted by atomic mass is 16.5. The zero-order valence-corrected chi connectivity index (χ0v) is 19.1. The van der Waals surface area contributed by atoms with Gasteiger partial charge in [-0.3, -0.25) is 4.79 Å². The Kier molecular flexibility index (Phi) is 8.08. The molecule has 3 rings (SSSR count). The van der Waals surface area contributed by atoms with E-state index in [0.717, 1.165) is 41.8 Å². The van der Waals surface area contributed by atoms with E-state index in [2.05, 4.69) is 36.1 Å². The summed E-state index contributed by atoms with van der Waals surface area (Å²) in [6, 6.07) is 8.69. The van der Waals surface area contributed by atoms with E-state index >= 15 is 0 Å². The fourth-order valence-corrected chi connectivity index (χ4v) is 4.22. The van der Waals surface area contributed by atoms with Gasteiger partial charge < -0.3 is 14.5 Å². The Balaban J connectivity index is 1.98. The molecule has 5 heteroatoms. The Morgan fingerprint density at radius 2 is 1.90 bits per heavy atom. The van der Waals surface area contributed by atoms with E-state index in [4.69, 9.17) is 9.72 Å². The van der Waals surface area contributed by atoms with Crippen LogP contribution in [-0.2, 0) is 16.1 Å². The number of benzene rings is 1. The monoisotopic (exact) mass is 411 g/mol. The molecule has 0 unspecified atom stereocenters. The van der Waals surface area contributed by atoms with E-state index in [0.29, 0.717) is 19.7 Å². The Hall–Kier alpha value is -2.14. The number of nitrogens with zero attached hydrogens (tertiary/aromatic N) is 3. The maximum absolute atomic E-state index is 12.9. The number of carbonyl (C=O) groups excluding carboxylic acids is 1. The second kappa shape index (κ2) is 10.8. The highest BCUT2D eigenvalue weighted by molar-refractivity contribution is 5.83. The van der Waals surface area contributed by atoms with Crippen LogP contribution in [0.15, 0.2) is 24.3 Å². The number of pyridine rings is 1. The van der Waals surface area contributed by atoms with Crippen molar-refractivity contribution in [2.75, 3.05) is 38.3 Å². The summed E-state index contributed by atoms with van der Waals surface area (Å²) < 4.78 is 5.23. The third kappa shape index (κ3) is 5.72. The third-order valence-electron chi connectivity index (χ3n) is 5.88. The molecule has 1 fully saturated rings. The van der Waals surface area contributed by atoms with Gasteiger partial charge in [-0.15, -0.1) is 0 Å². The standard InChI is InChI=1S/C25H37N3O2/c1-19(2)25(29)28(14-9-15-30-4)18-22-17-21-11-10-20(3)16-23(21)26-24(22)27-12-7-5-6-8-13-27/h10-11,16-17,19H,5-9,12-15,18H2,1-4H3. The molecule has 0 atom stereocenters. The van der Waals surface area contributed by atoms with Crippen LogP contribution in [0.4, 0.5) is 5.82 Å². The second-order valence-electron chi connectivity index (χ2n) is 8.83. The zero-order chi connectivity index (χ0) is 21.5. The fourth-order valence-electron chi connectivity index (χ4n) is 4.22. The summed E-state index contributed by atoms with van der Waals surface area (Å²) in [6.45, 7) is 10.1. The lowest BCUT2D eigenvalue weighted by Gasteiger charge is -2.29. The van der Waals surface area contributed by atoms with E-state index in [1.807, 2.05) is 18.7 Å². The van der Waals surface area contributed by atoms with Gasteiger partial charge in [-0.2, -0.15) is 0 Å². The minimum atomic E-state index is -0.0229. The van der Waals surface area contributed by atoms with Crippen LogP contribution in [0.2, 0.25) is 0 Å². The number of hydrogen-bond acceptors (Lipinski definition) is 4. The van der Waals surface area contributed by atoms with Crippen LogP contribution in [0.25, 0.3) is 10.9 Å². The number of methoxy groups -OCH3 is 1. The van der Waals surface area contributed by atoms with Crippen LogP contribution in [0, 0.1) is 12.8 Å². The molecule has 0 bridgehead atoms. The molecule has 5 nitrogen and oxygen atoms in total. The molecule has 0 saturated carbocycles. The van der Waals surface area contributed by atoms with Gasteiger partial charge in [0.1, 0.15) is 5.82 Å². The summed E-state index contributed by atoms with van der Waals surface area (Å²) in [6.07, 6.45) is 5.82. The molecule has 1 saturated heterocycles. The molecule has 0 spiro atoms. The number of aryl methyl sites for hydroxylation is 1. The molecule has 0 aliphatic carbocycles. The van der Waals surface area contributed by atoms with E-state index in [-0.39, 0.29) is 11.8 Å². The average molecular weight is 412 g/mol. The van der Waals surface area contributed by atoms with Crippen molar-refractivity contribution < 1.29 is 9.53 Å². The number of aromatic nitrogens is 1. The van der Waals surface area contributed by atoms with Crippen LogP contribution < -0.4 is 4.90 Å². The Morgan fingerprint density at radius 1 is 1.17 bits per heavy atom. The molecule has 1 amide bonds. The average Bonchev–Trinajstić information content (AvgIpc) is 3.01. The predicted octanol–water partition coefficient (Wildman–Crippen LogP) is 4.94. The van der Waals surface area contributed by atoms with Gasteiger partial charge in [0.25, 0.3) is 0 Å². The van der Waals surface area contributed by atoms with Crippen LogP contribution in [0.5, 0.6) is 0 Å². The van der Waals surface area contributed by atoms with Crippen LogP contribution >= 0.6 is 0 Å². The molecule has 30 heavy (non-hydrogen) atoms. The molecule has 0 radical (unpaired) electrons. The number of amides is 1. The number of rotatable bonds is 8. The topological polar surface area (TPSA) is 45.7 Å². The largest absolute Gasteiger partial charge is 0.385 e. The smallest absolute Gasteiger partial charge is 0.225 e. The molecule has 1 aliphatic heterocycles. The Labute approximate surface area is 181 Å². The maximum atomic E-state index is 12.9. The number of hydrogen-bond donors (Lipinski definition) is 0. The molecule has 2 heterocycles. The first kappa shape index (κ1) is 22.5. The molecular formula is C25H37N3O2.